The third-order valence-electron chi connectivity index (χ3n) is 3.78. The summed E-state index contributed by atoms with van der Waals surface area (Å²) in [6, 6.07) is 2.06. The quantitative estimate of drug-likeness (QED) is 0.773. The first-order valence-electron chi connectivity index (χ1n) is 7.28. The molecule has 2 unspecified atom stereocenters. The van der Waals surface area contributed by atoms with Crippen molar-refractivity contribution >= 4 is 46.7 Å². The van der Waals surface area contributed by atoms with Crippen LogP contribution in [0.25, 0.3) is 0 Å². The van der Waals surface area contributed by atoms with E-state index in [0.29, 0.717) is 15.7 Å². The van der Waals surface area contributed by atoms with Crippen molar-refractivity contribution in [1.29, 1.82) is 0 Å². The van der Waals surface area contributed by atoms with Gasteiger partial charge in [0.1, 0.15) is 18.0 Å². The Labute approximate surface area is 152 Å². The molecule has 1 N–H and O–H groups in total. The lowest BCUT2D eigenvalue weighted by Crippen LogP contribution is -2.38. The molecule has 2 atom stereocenters. The molecule has 24 heavy (non-hydrogen) atoms. The molecule has 2 saturated heterocycles. The molecule has 10 heteroatoms. The molecule has 2 fully saturated rings. The smallest absolute Gasteiger partial charge is 0.344 e. The Balaban J connectivity index is 1.89. The van der Waals surface area contributed by atoms with E-state index in [0.717, 1.165) is 22.9 Å². The predicted molar refractivity (Wildman–Crippen MR) is 91.1 cm³/mol. The number of halogens is 4. The Kier molecular flexibility index (Phi) is 5.29. The number of alkyl halides is 2. The van der Waals surface area contributed by atoms with Gasteiger partial charge in [0, 0.05) is 11.8 Å². The summed E-state index contributed by atoms with van der Waals surface area (Å²) in [6.45, 7) is -1.46. The van der Waals surface area contributed by atoms with Crippen molar-refractivity contribution in [1.82, 2.24) is 10.3 Å². The Morgan fingerprint density at radius 2 is 2.12 bits per heavy atom. The first kappa shape index (κ1) is 17.8. The van der Waals surface area contributed by atoms with Gasteiger partial charge in [-0.25, -0.2) is 20.1 Å². The summed E-state index contributed by atoms with van der Waals surface area (Å²) in [5.41, 5.74) is 2.90. The fraction of sp³-hybridized carbons (Fsp3) is 0.500. The lowest BCUT2D eigenvalue weighted by molar-refractivity contribution is -0.00783. The van der Waals surface area contributed by atoms with Crippen LogP contribution in [-0.2, 0) is 0 Å². The average molecular weight is 398 g/mol. The van der Waals surface area contributed by atoms with Gasteiger partial charge in [-0.3, -0.25) is 0 Å². The molecule has 3 rings (SSSR count). The van der Waals surface area contributed by atoms with Gasteiger partial charge < -0.3 is 4.74 Å². The SMILES string of the molecule is CC1NN(c2cc(OC3CCSC3)c(Cl)cc2Cl)C(=O)N1C(F)F. The molecule has 0 radical (unpaired) electrons. The number of urea groups is 1. The molecule has 132 valence electrons. The number of ether oxygens (including phenoxy) is 1. The highest BCUT2D eigenvalue weighted by Crippen LogP contribution is 2.39. The topological polar surface area (TPSA) is 44.8 Å². The number of hydrogen-bond donors (Lipinski definition) is 1. The lowest BCUT2D eigenvalue weighted by atomic mass is 10.2. The van der Waals surface area contributed by atoms with Crippen molar-refractivity contribution in [2.75, 3.05) is 16.5 Å². The molecule has 0 aromatic heterocycles. The minimum absolute atomic E-state index is 0.0280. The third kappa shape index (κ3) is 3.37. The molecule has 0 bridgehead atoms. The van der Waals surface area contributed by atoms with Crippen LogP contribution in [0, 0.1) is 0 Å². The van der Waals surface area contributed by atoms with Gasteiger partial charge >= 0.3 is 12.6 Å². The number of rotatable bonds is 4. The molecule has 0 aliphatic carbocycles. The van der Waals surface area contributed by atoms with Gasteiger partial charge in [0.25, 0.3) is 0 Å². The van der Waals surface area contributed by atoms with Gasteiger partial charge in [0.15, 0.2) is 0 Å². The number of carbonyl (C=O) groups is 1. The van der Waals surface area contributed by atoms with Crippen LogP contribution in [0.4, 0.5) is 19.3 Å². The van der Waals surface area contributed by atoms with Crippen LogP contribution in [0.3, 0.4) is 0 Å². The maximum absolute atomic E-state index is 13.0. The van der Waals surface area contributed by atoms with Crippen LogP contribution >= 0.6 is 35.0 Å². The molecule has 2 aliphatic rings. The molecular weight excluding hydrogens is 383 g/mol. The maximum atomic E-state index is 13.0. The van der Waals surface area contributed by atoms with Crippen molar-refractivity contribution in [2.45, 2.75) is 32.2 Å². The Hall–Kier alpha value is -0.960. The molecule has 1 aromatic carbocycles. The normalized spacial score (nSPS) is 24.3. The zero-order valence-corrected chi connectivity index (χ0v) is 15.0. The van der Waals surface area contributed by atoms with Crippen LogP contribution < -0.4 is 15.2 Å². The molecule has 2 heterocycles. The second-order valence-corrected chi connectivity index (χ2v) is 7.41. The van der Waals surface area contributed by atoms with E-state index < -0.39 is 18.7 Å². The Morgan fingerprint density at radius 1 is 1.38 bits per heavy atom. The number of carbonyl (C=O) groups excluding carboxylic acids is 1. The second kappa shape index (κ2) is 7.11. The van der Waals surface area contributed by atoms with Crippen molar-refractivity contribution in [2.24, 2.45) is 0 Å². The van der Waals surface area contributed by atoms with E-state index >= 15 is 0 Å². The van der Waals surface area contributed by atoms with Gasteiger partial charge in [-0.05, 0) is 25.2 Å². The lowest BCUT2D eigenvalue weighted by Gasteiger charge is -2.20. The van der Waals surface area contributed by atoms with Gasteiger partial charge in [-0.2, -0.15) is 20.5 Å². The number of nitrogens with zero attached hydrogens (tertiary/aromatic N) is 2. The maximum Gasteiger partial charge on any atom is 0.344 e. The number of hydrazine groups is 1. The highest BCUT2D eigenvalue weighted by atomic mass is 35.5. The minimum atomic E-state index is -2.91. The summed E-state index contributed by atoms with van der Waals surface area (Å²) in [5, 5.41) is 1.47. The monoisotopic (exact) mass is 397 g/mol. The van der Waals surface area contributed by atoms with Crippen molar-refractivity contribution in [3.05, 3.63) is 22.2 Å². The van der Waals surface area contributed by atoms with E-state index in [4.69, 9.17) is 27.9 Å². The summed E-state index contributed by atoms with van der Waals surface area (Å²) < 4.78 is 31.9. The molecule has 0 spiro atoms. The molecule has 5 nitrogen and oxygen atoms in total. The molecule has 2 aliphatic heterocycles. The van der Waals surface area contributed by atoms with Crippen LogP contribution in [0.2, 0.25) is 10.0 Å². The molecule has 1 aromatic rings. The van der Waals surface area contributed by atoms with Crippen LogP contribution in [0.15, 0.2) is 12.1 Å². The number of nitrogens with one attached hydrogen (secondary N) is 1. The van der Waals surface area contributed by atoms with Crippen molar-refractivity contribution in [3.63, 3.8) is 0 Å². The highest BCUT2D eigenvalue weighted by molar-refractivity contribution is 7.99. The Morgan fingerprint density at radius 3 is 2.71 bits per heavy atom. The van der Waals surface area contributed by atoms with Crippen LogP contribution in [0.1, 0.15) is 13.3 Å². The highest BCUT2D eigenvalue weighted by Gasteiger charge is 2.41. The van der Waals surface area contributed by atoms with E-state index in [1.165, 1.54) is 19.1 Å². The number of amides is 2. The fourth-order valence-electron chi connectivity index (χ4n) is 2.58. The predicted octanol–water partition coefficient (Wildman–Crippen LogP) is 4.19. The zero-order valence-electron chi connectivity index (χ0n) is 12.6. The average Bonchev–Trinajstić information content (AvgIpc) is 3.10. The minimum Gasteiger partial charge on any atom is -0.488 e. The van der Waals surface area contributed by atoms with Crippen molar-refractivity contribution < 1.29 is 18.3 Å². The Bertz CT molecular complexity index is 647. The summed E-state index contributed by atoms with van der Waals surface area (Å²) in [4.78, 5) is 12.7. The largest absolute Gasteiger partial charge is 0.488 e. The standard InChI is InChI=1S/C14H15Cl2F2N3O2S/c1-7-19-21(14(22)20(7)13(17)18)11-5-12(10(16)4-9(11)15)23-8-2-3-24-6-8/h4-5,7-8,13,19H,2-3,6H2,1H3. The second-order valence-electron chi connectivity index (χ2n) is 5.45. The molecular formula is C14H15Cl2F2N3O2S. The van der Waals surface area contributed by atoms with Crippen LogP contribution in [0.5, 0.6) is 5.75 Å². The van der Waals surface area contributed by atoms with E-state index in [-0.39, 0.29) is 16.8 Å². The number of hydrogen-bond acceptors (Lipinski definition) is 4. The summed E-state index contributed by atoms with van der Waals surface area (Å²) in [5.74, 6) is 2.24. The van der Waals surface area contributed by atoms with Gasteiger partial charge in [-0.1, -0.05) is 23.2 Å². The van der Waals surface area contributed by atoms with E-state index in [1.807, 2.05) is 0 Å². The number of thioether (sulfide) groups is 1. The number of benzene rings is 1. The summed E-state index contributed by atoms with van der Waals surface area (Å²) >= 11 is 14.1. The van der Waals surface area contributed by atoms with E-state index in [9.17, 15) is 13.6 Å². The van der Waals surface area contributed by atoms with Gasteiger partial charge in [0.05, 0.1) is 15.7 Å². The van der Waals surface area contributed by atoms with Gasteiger partial charge in [-0.15, -0.1) is 0 Å². The van der Waals surface area contributed by atoms with E-state index in [2.05, 4.69) is 5.43 Å². The first-order chi connectivity index (χ1) is 11.4. The summed E-state index contributed by atoms with van der Waals surface area (Å²) in [6.07, 6.45) is 0.0656. The van der Waals surface area contributed by atoms with Crippen LogP contribution in [-0.4, -0.2) is 41.3 Å². The van der Waals surface area contributed by atoms with E-state index in [1.54, 1.807) is 11.8 Å². The molecule has 2 amide bonds. The fourth-order valence-corrected chi connectivity index (χ4v) is 4.18. The zero-order chi connectivity index (χ0) is 17.4. The number of anilines is 1. The first-order valence-corrected chi connectivity index (χ1v) is 9.19. The summed E-state index contributed by atoms with van der Waals surface area (Å²) in [7, 11) is 0. The van der Waals surface area contributed by atoms with Gasteiger partial charge in [0.2, 0.25) is 0 Å². The third-order valence-corrected chi connectivity index (χ3v) is 5.51. The molecule has 0 saturated carbocycles. The van der Waals surface area contributed by atoms with Crippen molar-refractivity contribution in [3.8, 4) is 5.75 Å².